The van der Waals surface area contributed by atoms with Gasteiger partial charge in [-0.1, -0.05) is 11.2 Å². The smallest absolute Gasteiger partial charge is 0.248 e. The van der Waals surface area contributed by atoms with E-state index in [1.807, 2.05) is 4.90 Å². The molecule has 1 aromatic carbocycles. The van der Waals surface area contributed by atoms with Gasteiger partial charge in [-0.2, -0.15) is 4.31 Å². The second-order valence-corrected chi connectivity index (χ2v) is 8.28. The highest BCUT2D eigenvalue weighted by Gasteiger charge is 2.35. The fourth-order valence-electron chi connectivity index (χ4n) is 3.40. The third-order valence-corrected chi connectivity index (χ3v) is 6.95. The Morgan fingerprint density at radius 1 is 1.12 bits per heavy atom. The van der Waals surface area contributed by atoms with Crippen LogP contribution in [0.15, 0.2) is 27.6 Å². The molecule has 6 nitrogen and oxygen atoms in total. The summed E-state index contributed by atoms with van der Waals surface area (Å²) in [6.45, 7) is 6.07. The molecule has 2 heterocycles. The molecule has 3 rings (SSSR count). The summed E-state index contributed by atoms with van der Waals surface area (Å²) in [7, 11) is -3.71. The number of aryl methyl sites for hydroxylation is 2. The Bertz CT molecular complexity index is 866. The summed E-state index contributed by atoms with van der Waals surface area (Å²) < 4.78 is 60.0. The molecule has 1 aromatic heterocycles. The molecule has 0 spiro atoms. The molecule has 1 aliphatic rings. The molecule has 0 amide bonds. The predicted molar refractivity (Wildman–Crippen MR) is 91.1 cm³/mol. The van der Waals surface area contributed by atoms with E-state index in [0.29, 0.717) is 18.8 Å². The van der Waals surface area contributed by atoms with E-state index in [1.165, 1.54) is 22.5 Å². The van der Waals surface area contributed by atoms with E-state index >= 15 is 0 Å². The Morgan fingerprint density at radius 2 is 1.69 bits per heavy atom. The van der Waals surface area contributed by atoms with Gasteiger partial charge in [-0.15, -0.1) is 0 Å². The molecule has 0 saturated carbocycles. The zero-order valence-corrected chi connectivity index (χ0v) is 15.7. The fraction of sp³-hybridized carbons (Fsp3) is 0.471. The zero-order valence-electron chi connectivity index (χ0n) is 14.9. The lowest BCUT2D eigenvalue weighted by atomic mass is 10.0. The van der Waals surface area contributed by atoms with Crippen molar-refractivity contribution < 1.29 is 21.7 Å². The van der Waals surface area contributed by atoms with Gasteiger partial charge in [0.05, 0.1) is 0 Å². The van der Waals surface area contributed by atoms with Gasteiger partial charge in [-0.3, -0.25) is 4.90 Å². The van der Waals surface area contributed by atoms with Crippen molar-refractivity contribution >= 4 is 10.0 Å². The van der Waals surface area contributed by atoms with Gasteiger partial charge in [0.15, 0.2) is 5.76 Å². The van der Waals surface area contributed by atoms with Gasteiger partial charge in [0, 0.05) is 37.8 Å². The van der Waals surface area contributed by atoms with Crippen LogP contribution < -0.4 is 0 Å². The minimum atomic E-state index is -3.71. The van der Waals surface area contributed by atoms with Gasteiger partial charge in [0.25, 0.3) is 0 Å². The summed E-state index contributed by atoms with van der Waals surface area (Å²) in [6.07, 6.45) is 0. The lowest BCUT2D eigenvalue weighted by Crippen LogP contribution is -2.49. The van der Waals surface area contributed by atoms with E-state index in [9.17, 15) is 17.2 Å². The van der Waals surface area contributed by atoms with E-state index in [2.05, 4.69) is 5.16 Å². The van der Waals surface area contributed by atoms with Gasteiger partial charge >= 0.3 is 0 Å². The number of benzene rings is 1. The Kier molecular flexibility index (Phi) is 5.14. The summed E-state index contributed by atoms with van der Waals surface area (Å²) in [5, 5.41) is 3.70. The summed E-state index contributed by atoms with van der Waals surface area (Å²) in [6, 6.07) is 3.30. The molecule has 0 radical (unpaired) electrons. The van der Waals surface area contributed by atoms with Gasteiger partial charge in [-0.25, -0.2) is 17.2 Å². The molecule has 0 aliphatic carbocycles. The fourth-order valence-corrected chi connectivity index (χ4v) is 5.11. The van der Waals surface area contributed by atoms with Crippen molar-refractivity contribution in [3.63, 3.8) is 0 Å². The van der Waals surface area contributed by atoms with Crippen molar-refractivity contribution in [3.8, 4) is 0 Å². The van der Waals surface area contributed by atoms with E-state index in [4.69, 9.17) is 4.52 Å². The first-order valence-corrected chi connectivity index (χ1v) is 9.78. The van der Waals surface area contributed by atoms with Gasteiger partial charge < -0.3 is 4.52 Å². The highest BCUT2D eigenvalue weighted by Crippen LogP contribution is 2.29. The molecule has 1 atom stereocenters. The van der Waals surface area contributed by atoms with Crippen LogP contribution in [0.25, 0.3) is 0 Å². The topological polar surface area (TPSA) is 66.7 Å². The molecule has 2 aromatic rings. The quantitative estimate of drug-likeness (QED) is 0.810. The van der Waals surface area contributed by atoms with Gasteiger partial charge in [0.1, 0.15) is 22.2 Å². The number of sulfonamides is 1. The van der Waals surface area contributed by atoms with Crippen molar-refractivity contribution in [2.45, 2.75) is 31.7 Å². The zero-order chi connectivity index (χ0) is 19.1. The first-order valence-electron chi connectivity index (χ1n) is 8.34. The number of piperazine rings is 1. The average Bonchev–Trinajstić information content (AvgIpc) is 2.94. The molecule has 142 valence electrons. The average molecular weight is 385 g/mol. The van der Waals surface area contributed by atoms with Crippen LogP contribution in [0, 0.1) is 25.5 Å². The van der Waals surface area contributed by atoms with Crippen LogP contribution in [-0.4, -0.2) is 49.0 Å². The largest absolute Gasteiger partial charge is 0.360 e. The molecular formula is C17H21F2N3O3S. The standard InChI is InChI=1S/C17H21F2N3O3S/c1-11-17(13(3)25-20-11)26(23,24)22-9-7-21(8-10-22)12(2)16-14(18)5-4-6-15(16)19/h4-6,12H,7-10H2,1-3H3/t12-/m1/s1. The Morgan fingerprint density at radius 3 is 2.19 bits per heavy atom. The van der Waals surface area contributed by atoms with E-state index in [1.54, 1.807) is 20.8 Å². The summed E-state index contributed by atoms with van der Waals surface area (Å²) in [5.74, 6) is -0.932. The highest BCUT2D eigenvalue weighted by atomic mass is 32.2. The Balaban J connectivity index is 1.75. The monoisotopic (exact) mass is 385 g/mol. The van der Waals surface area contributed by atoms with Crippen LogP contribution in [0.4, 0.5) is 8.78 Å². The number of hydrogen-bond donors (Lipinski definition) is 0. The maximum absolute atomic E-state index is 14.0. The van der Waals surface area contributed by atoms with Crippen molar-refractivity contribution in [2.24, 2.45) is 0 Å². The molecular weight excluding hydrogens is 364 g/mol. The van der Waals surface area contributed by atoms with Crippen molar-refractivity contribution in [1.82, 2.24) is 14.4 Å². The van der Waals surface area contributed by atoms with Crippen LogP contribution >= 0.6 is 0 Å². The van der Waals surface area contributed by atoms with Gasteiger partial charge in [0.2, 0.25) is 10.0 Å². The van der Waals surface area contributed by atoms with E-state index in [0.717, 1.165) is 0 Å². The van der Waals surface area contributed by atoms with E-state index in [-0.39, 0.29) is 29.3 Å². The number of halogens is 2. The predicted octanol–water partition coefficient (Wildman–Crippen LogP) is 2.64. The second kappa shape index (κ2) is 7.05. The molecule has 9 heteroatoms. The second-order valence-electron chi connectivity index (χ2n) is 6.40. The summed E-state index contributed by atoms with van der Waals surface area (Å²) in [4.78, 5) is 1.97. The van der Waals surface area contributed by atoms with Crippen LogP contribution in [0.1, 0.15) is 30.0 Å². The molecule has 1 fully saturated rings. The van der Waals surface area contributed by atoms with Crippen LogP contribution in [-0.2, 0) is 10.0 Å². The highest BCUT2D eigenvalue weighted by molar-refractivity contribution is 7.89. The van der Waals surface area contributed by atoms with Crippen molar-refractivity contribution in [3.05, 3.63) is 46.9 Å². The number of hydrogen-bond acceptors (Lipinski definition) is 5. The molecule has 0 N–H and O–H groups in total. The number of rotatable bonds is 4. The SMILES string of the molecule is Cc1noc(C)c1S(=O)(=O)N1CCN([C@H](C)c2c(F)cccc2F)CC1. The maximum atomic E-state index is 14.0. The molecule has 1 saturated heterocycles. The van der Waals surface area contributed by atoms with Crippen LogP contribution in [0.5, 0.6) is 0 Å². The third-order valence-electron chi connectivity index (χ3n) is 4.80. The first kappa shape index (κ1) is 18.9. The molecule has 0 unspecified atom stereocenters. The van der Waals surface area contributed by atoms with Crippen molar-refractivity contribution in [1.29, 1.82) is 0 Å². The van der Waals surface area contributed by atoms with Crippen LogP contribution in [0.3, 0.4) is 0 Å². The summed E-state index contributed by atoms with van der Waals surface area (Å²) >= 11 is 0. The third kappa shape index (κ3) is 3.26. The van der Waals surface area contributed by atoms with E-state index < -0.39 is 27.7 Å². The number of nitrogens with zero attached hydrogens (tertiary/aromatic N) is 3. The Hall–Kier alpha value is -1.84. The molecule has 26 heavy (non-hydrogen) atoms. The molecule has 1 aliphatic heterocycles. The normalized spacial score (nSPS) is 18.2. The maximum Gasteiger partial charge on any atom is 0.248 e. The number of aromatic nitrogens is 1. The Labute approximate surface area is 151 Å². The minimum Gasteiger partial charge on any atom is -0.360 e. The first-order chi connectivity index (χ1) is 12.2. The lowest BCUT2D eigenvalue weighted by molar-refractivity contribution is 0.141. The lowest BCUT2D eigenvalue weighted by Gasteiger charge is -2.37. The van der Waals surface area contributed by atoms with Gasteiger partial charge in [-0.05, 0) is 32.9 Å². The minimum absolute atomic E-state index is 0.00882. The summed E-state index contributed by atoms with van der Waals surface area (Å²) in [5.41, 5.74) is 0.334. The van der Waals surface area contributed by atoms with Crippen molar-refractivity contribution in [2.75, 3.05) is 26.2 Å². The van der Waals surface area contributed by atoms with Crippen LogP contribution in [0.2, 0.25) is 0 Å². The molecule has 0 bridgehead atoms.